The van der Waals surface area contributed by atoms with Gasteiger partial charge >= 0.3 is 6.09 Å². The van der Waals surface area contributed by atoms with Gasteiger partial charge in [-0.05, 0) is 40.5 Å². The van der Waals surface area contributed by atoms with Crippen LogP contribution in [0.2, 0.25) is 0 Å². The zero-order valence-electron chi connectivity index (χ0n) is 12.1. The first-order chi connectivity index (χ1) is 8.74. The van der Waals surface area contributed by atoms with Gasteiger partial charge in [0, 0.05) is 12.6 Å². The van der Waals surface area contributed by atoms with Crippen LogP contribution in [0.15, 0.2) is 0 Å². The molecule has 0 aromatic heterocycles. The summed E-state index contributed by atoms with van der Waals surface area (Å²) < 4.78 is 5.29. The van der Waals surface area contributed by atoms with E-state index in [0.29, 0.717) is 13.0 Å². The van der Waals surface area contributed by atoms with Gasteiger partial charge in [0.1, 0.15) is 11.6 Å². The number of amides is 2. The molecule has 2 N–H and O–H groups in total. The summed E-state index contributed by atoms with van der Waals surface area (Å²) in [5.74, 6) is -0.232. The summed E-state index contributed by atoms with van der Waals surface area (Å²) in [6.07, 6.45) is 0.954. The van der Waals surface area contributed by atoms with Gasteiger partial charge in [0.05, 0.1) is 6.61 Å². The molecule has 6 heteroatoms. The molecule has 0 aliphatic carbocycles. The topological polar surface area (TPSA) is 78.9 Å². The Kier molecular flexibility index (Phi) is 5.17. The lowest BCUT2D eigenvalue weighted by Crippen LogP contribution is -2.50. The summed E-state index contributed by atoms with van der Waals surface area (Å²) >= 11 is 0. The van der Waals surface area contributed by atoms with Crippen LogP contribution in [-0.2, 0) is 9.53 Å². The SMILES string of the molecule is C[C@@H](CO)NC(=O)[C@@H]1CCCN1C(=O)OC(C)(C)C. The molecule has 2 atom stereocenters. The highest BCUT2D eigenvalue weighted by Gasteiger charge is 2.36. The standard InChI is InChI=1S/C13H24N2O4/c1-9(8-16)14-11(17)10-6-5-7-15(10)12(18)19-13(2,3)4/h9-10,16H,5-8H2,1-4H3,(H,14,17)/t9-,10-/m0/s1. The number of carbonyl (C=O) groups excluding carboxylic acids is 2. The van der Waals surface area contributed by atoms with Crippen molar-refractivity contribution in [3.63, 3.8) is 0 Å². The first kappa shape index (κ1) is 15.8. The van der Waals surface area contributed by atoms with Gasteiger partial charge in [0.25, 0.3) is 0 Å². The minimum Gasteiger partial charge on any atom is -0.444 e. The van der Waals surface area contributed by atoms with Crippen LogP contribution in [-0.4, -0.2) is 52.8 Å². The van der Waals surface area contributed by atoms with Crippen LogP contribution in [0.5, 0.6) is 0 Å². The summed E-state index contributed by atoms with van der Waals surface area (Å²) in [5.41, 5.74) is -0.570. The smallest absolute Gasteiger partial charge is 0.410 e. The molecule has 6 nitrogen and oxygen atoms in total. The average Bonchev–Trinajstić information content (AvgIpc) is 2.75. The normalized spacial score (nSPS) is 21.1. The molecular weight excluding hydrogens is 248 g/mol. The third-order valence-corrected chi connectivity index (χ3v) is 2.85. The van der Waals surface area contributed by atoms with E-state index < -0.39 is 17.7 Å². The Labute approximate surface area is 114 Å². The number of ether oxygens (including phenoxy) is 1. The molecule has 0 saturated carbocycles. The van der Waals surface area contributed by atoms with Gasteiger partial charge in [-0.15, -0.1) is 0 Å². The molecule has 0 aromatic carbocycles. The first-order valence-electron chi connectivity index (χ1n) is 6.65. The number of hydrogen-bond donors (Lipinski definition) is 2. The lowest BCUT2D eigenvalue weighted by atomic mass is 10.2. The summed E-state index contributed by atoms with van der Waals surface area (Å²) in [4.78, 5) is 25.5. The fourth-order valence-electron chi connectivity index (χ4n) is 1.96. The van der Waals surface area contributed by atoms with Gasteiger partial charge in [0.2, 0.25) is 5.91 Å². The summed E-state index contributed by atoms with van der Waals surface area (Å²) in [5, 5.41) is 11.6. The average molecular weight is 272 g/mol. The predicted octanol–water partition coefficient (Wildman–Crippen LogP) is 0.883. The van der Waals surface area contributed by atoms with Gasteiger partial charge in [-0.1, -0.05) is 0 Å². The lowest BCUT2D eigenvalue weighted by Gasteiger charge is -2.28. The van der Waals surface area contributed by atoms with Crippen LogP contribution >= 0.6 is 0 Å². The van der Waals surface area contributed by atoms with Crippen LogP contribution in [0.3, 0.4) is 0 Å². The number of carbonyl (C=O) groups is 2. The van der Waals surface area contributed by atoms with Crippen LogP contribution in [0.25, 0.3) is 0 Å². The lowest BCUT2D eigenvalue weighted by molar-refractivity contribution is -0.126. The summed E-state index contributed by atoms with van der Waals surface area (Å²) in [7, 11) is 0. The predicted molar refractivity (Wildman–Crippen MR) is 70.7 cm³/mol. The van der Waals surface area contributed by atoms with E-state index >= 15 is 0 Å². The van der Waals surface area contributed by atoms with Crippen LogP contribution in [0.4, 0.5) is 4.79 Å². The molecule has 19 heavy (non-hydrogen) atoms. The second-order valence-corrected chi connectivity index (χ2v) is 5.92. The second-order valence-electron chi connectivity index (χ2n) is 5.92. The Bertz CT molecular complexity index is 338. The Hall–Kier alpha value is -1.30. The number of nitrogens with one attached hydrogen (secondary N) is 1. The van der Waals surface area contributed by atoms with E-state index in [4.69, 9.17) is 9.84 Å². The van der Waals surface area contributed by atoms with Gasteiger partial charge in [0.15, 0.2) is 0 Å². The van der Waals surface area contributed by atoms with Gasteiger partial charge in [-0.3, -0.25) is 9.69 Å². The third kappa shape index (κ3) is 4.70. The second kappa shape index (κ2) is 6.23. The maximum absolute atomic E-state index is 12.0. The van der Waals surface area contributed by atoms with E-state index in [0.717, 1.165) is 6.42 Å². The fraction of sp³-hybridized carbons (Fsp3) is 0.846. The Morgan fingerprint density at radius 3 is 2.63 bits per heavy atom. The van der Waals surface area contributed by atoms with Crippen molar-refractivity contribution in [3.8, 4) is 0 Å². The van der Waals surface area contributed by atoms with Crippen molar-refractivity contribution < 1.29 is 19.4 Å². The van der Waals surface area contributed by atoms with E-state index in [2.05, 4.69) is 5.32 Å². The number of aliphatic hydroxyl groups excluding tert-OH is 1. The number of hydrogen-bond acceptors (Lipinski definition) is 4. The molecule has 1 aliphatic rings. The van der Waals surface area contributed by atoms with Crippen LogP contribution < -0.4 is 5.32 Å². The molecule has 1 fully saturated rings. The van der Waals surface area contributed by atoms with Gasteiger partial charge < -0.3 is 15.2 Å². The van der Waals surface area contributed by atoms with Crippen molar-refractivity contribution in [1.82, 2.24) is 10.2 Å². The van der Waals surface area contributed by atoms with Crippen molar-refractivity contribution >= 4 is 12.0 Å². The highest BCUT2D eigenvalue weighted by atomic mass is 16.6. The number of nitrogens with zero attached hydrogens (tertiary/aromatic N) is 1. The van der Waals surface area contributed by atoms with Crippen molar-refractivity contribution in [2.75, 3.05) is 13.2 Å². The largest absolute Gasteiger partial charge is 0.444 e. The van der Waals surface area contributed by atoms with E-state index in [-0.39, 0.29) is 18.6 Å². The number of likely N-dealkylation sites (tertiary alicyclic amines) is 1. The van der Waals surface area contributed by atoms with E-state index in [9.17, 15) is 9.59 Å². The molecule has 110 valence electrons. The van der Waals surface area contributed by atoms with Crippen molar-refractivity contribution in [2.45, 2.75) is 58.2 Å². The minimum absolute atomic E-state index is 0.120. The Balaban J connectivity index is 2.63. The number of rotatable bonds is 3. The molecule has 0 aromatic rings. The molecule has 0 bridgehead atoms. The van der Waals surface area contributed by atoms with Crippen molar-refractivity contribution in [1.29, 1.82) is 0 Å². The molecule has 1 rings (SSSR count). The molecule has 1 saturated heterocycles. The molecule has 0 unspecified atom stereocenters. The van der Waals surface area contributed by atoms with Crippen molar-refractivity contribution in [3.05, 3.63) is 0 Å². The van der Waals surface area contributed by atoms with E-state index in [1.54, 1.807) is 27.7 Å². The quantitative estimate of drug-likeness (QED) is 0.799. The Morgan fingerprint density at radius 1 is 1.47 bits per heavy atom. The molecule has 0 spiro atoms. The molecular formula is C13H24N2O4. The van der Waals surface area contributed by atoms with E-state index in [1.807, 2.05) is 0 Å². The zero-order valence-corrected chi connectivity index (χ0v) is 12.1. The molecule has 1 aliphatic heterocycles. The van der Waals surface area contributed by atoms with Crippen LogP contribution in [0.1, 0.15) is 40.5 Å². The highest BCUT2D eigenvalue weighted by molar-refractivity contribution is 5.86. The molecule has 1 heterocycles. The van der Waals surface area contributed by atoms with Crippen molar-refractivity contribution in [2.24, 2.45) is 0 Å². The first-order valence-corrected chi connectivity index (χ1v) is 6.65. The van der Waals surface area contributed by atoms with Gasteiger partial charge in [-0.2, -0.15) is 0 Å². The summed E-state index contributed by atoms with van der Waals surface area (Å²) in [6, 6.07) is -0.808. The minimum atomic E-state index is -0.570. The zero-order chi connectivity index (χ0) is 14.6. The monoisotopic (exact) mass is 272 g/mol. The van der Waals surface area contributed by atoms with E-state index in [1.165, 1.54) is 4.90 Å². The van der Waals surface area contributed by atoms with Gasteiger partial charge in [-0.25, -0.2) is 4.79 Å². The fourth-order valence-corrected chi connectivity index (χ4v) is 1.96. The van der Waals surface area contributed by atoms with Crippen LogP contribution in [0, 0.1) is 0 Å². The summed E-state index contributed by atoms with van der Waals surface area (Å²) in [6.45, 7) is 7.51. The number of aliphatic hydroxyl groups is 1. The third-order valence-electron chi connectivity index (χ3n) is 2.85. The maximum Gasteiger partial charge on any atom is 0.410 e. The molecule has 2 amide bonds. The highest BCUT2D eigenvalue weighted by Crippen LogP contribution is 2.21. The Morgan fingerprint density at radius 2 is 2.11 bits per heavy atom. The maximum atomic E-state index is 12.0. The molecule has 0 radical (unpaired) electrons.